The van der Waals surface area contributed by atoms with Gasteiger partial charge in [-0.3, -0.25) is 5.10 Å². The Morgan fingerprint density at radius 1 is 1.31 bits per heavy atom. The zero-order valence-corrected chi connectivity index (χ0v) is 8.95. The topological polar surface area (TPSA) is 73.8 Å². The minimum absolute atomic E-state index is 0.208. The van der Waals surface area contributed by atoms with E-state index in [2.05, 4.69) is 20.5 Å². The zero-order chi connectivity index (χ0) is 11.0. The Bertz CT molecular complexity index is 602. The number of aromatic nitrogens is 3. The largest absolute Gasteiger partial charge is 0.506 e. The first-order chi connectivity index (χ1) is 7.83. The smallest absolute Gasteiger partial charge is 0.189 e. The number of benzene rings is 1. The number of para-hydroxylation sites is 2. The fourth-order valence-corrected chi connectivity index (χ4v) is 2.20. The molecular formula is C10H8N4OS. The first-order valence-electron chi connectivity index (χ1n) is 4.68. The number of fused-ring (bicyclic) bond motifs is 1. The lowest BCUT2D eigenvalue weighted by Crippen LogP contribution is -1.89. The molecule has 0 aliphatic carbocycles. The highest BCUT2D eigenvalue weighted by molar-refractivity contribution is 7.22. The molecule has 0 aliphatic heterocycles. The van der Waals surface area contributed by atoms with Gasteiger partial charge in [-0.1, -0.05) is 23.5 Å². The summed E-state index contributed by atoms with van der Waals surface area (Å²) in [7, 11) is 0. The Morgan fingerprint density at radius 2 is 2.19 bits per heavy atom. The number of hydrogen-bond donors (Lipinski definition) is 3. The van der Waals surface area contributed by atoms with Crippen molar-refractivity contribution in [2.45, 2.75) is 0 Å². The van der Waals surface area contributed by atoms with Crippen LogP contribution in [0.2, 0.25) is 0 Å². The molecule has 3 aromatic rings. The molecule has 0 unspecified atom stereocenters. The Hall–Kier alpha value is -2.08. The third kappa shape index (κ3) is 1.49. The van der Waals surface area contributed by atoms with Crippen molar-refractivity contribution in [1.29, 1.82) is 0 Å². The molecule has 1 aromatic carbocycles. The SMILES string of the molecule is Oc1ccccc1Nc1nc2[nH]ncc2s1. The van der Waals surface area contributed by atoms with Gasteiger partial charge in [-0.05, 0) is 12.1 Å². The molecule has 0 fully saturated rings. The standard InChI is InChI=1S/C10H8N4OS/c15-7-4-2-1-3-6(7)12-10-13-9-8(16-10)5-11-14-9/h1-5,15H,(H2,11,12,13,14). The van der Waals surface area contributed by atoms with E-state index >= 15 is 0 Å². The van der Waals surface area contributed by atoms with Gasteiger partial charge >= 0.3 is 0 Å². The molecule has 3 rings (SSSR count). The molecule has 0 saturated heterocycles. The molecule has 0 bridgehead atoms. The van der Waals surface area contributed by atoms with Gasteiger partial charge in [0, 0.05) is 0 Å². The van der Waals surface area contributed by atoms with E-state index in [-0.39, 0.29) is 5.75 Å². The summed E-state index contributed by atoms with van der Waals surface area (Å²) in [5, 5.41) is 20.0. The van der Waals surface area contributed by atoms with Crippen molar-refractivity contribution in [1.82, 2.24) is 15.2 Å². The van der Waals surface area contributed by atoms with E-state index < -0.39 is 0 Å². The lowest BCUT2D eigenvalue weighted by atomic mass is 10.3. The zero-order valence-electron chi connectivity index (χ0n) is 8.14. The predicted octanol–water partition coefficient (Wildman–Crippen LogP) is 2.47. The Balaban J connectivity index is 1.95. The van der Waals surface area contributed by atoms with Gasteiger partial charge in [-0.15, -0.1) is 0 Å². The number of phenols is 1. The van der Waals surface area contributed by atoms with Crippen molar-refractivity contribution in [3.05, 3.63) is 30.5 Å². The van der Waals surface area contributed by atoms with Gasteiger partial charge in [0.25, 0.3) is 0 Å². The van der Waals surface area contributed by atoms with E-state index in [0.29, 0.717) is 5.69 Å². The molecule has 0 saturated carbocycles. The van der Waals surface area contributed by atoms with Crippen LogP contribution < -0.4 is 5.32 Å². The van der Waals surface area contributed by atoms with Gasteiger partial charge in [0.05, 0.1) is 16.6 Å². The van der Waals surface area contributed by atoms with Gasteiger partial charge < -0.3 is 10.4 Å². The molecule has 6 heteroatoms. The predicted molar refractivity (Wildman–Crippen MR) is 63.2 cm³/mol. The summed E-state index contributed by atoms with van der Waals surface area (Å²) in [6, 6.07) is 7.05. The van der Waals surface area contributed by atoms with E-state index in [0.717, 1.165) is 15.5 Å². The number of anilines is 2. The number of phenolic OH excluding ortho intramolecular Hbond substituents is 1. The monoisotopic (exact) mass is 232 g/mol. The molecule has 80 valence electrons. The van der Waals surface area contributed by atoms with Crippen LogP contribution in [0.5, 0.6) is 5.75 Å². The number of H-pyrrole nitrogens is 1. The highest BCUT2D eigenvalue weighted by Crippen LogP contribution is 2.30. The second-order valence-corrected chi connectivity index (χ2v) is 4.27. The molecule has 2 aromatic heterocycles. The van der Waals surface area contributed by atoms with E-state index in [1.807, 2.05) is 6.07 Å². The third-order valence-corrected chi connectivity index (χ3v) is 3.06. The number of thiazole rings is 1. The van der Waals surface area contributed by atoms with Crippen LogP contribution in [0.25, 0.3) is 10.3 Å². The van der Waals surface area contributed by atoms with Gasteiger partial charge in [0.1, 0.15) is 5.75 Å². The van der Waals surface area contributed by atoms with Crippen LogP contribution in [0, 0.1) is 0 Å². The van der Waals surface area contributed by atoms with E-state index in [1.54, 1.807) is 24.4 Å². The van der Waals surface area contributed by atoms with Crippen LogP contribution in [0.4, 0.5) is 10.8 Å². The minimum Gasteiger partial charge on any atom is -0.506 e. The maximum absolute atomic E-state index is 9.59. The third-order valence-electron chi connectivity index (χ3n) is 2.15. The average molecular weight is 232 g/mol. The number of nitrogens with one attached hydrogen (secondary N) is 2. The number of hydrogen-bond acceptors (Lipinski definition) is 5. The Morgan fingerprint density at radius 3 is 3.00 bits per heavy atom. The fraction of sp³-hybridized carbons (Fsp3) is 0. The second-order valence-electron chi connectivity index (χ2n) is 3.24. The van der Waals surface area contributed by atoms with E-state index in [9.17, 15) is 5.11 Å². The van der Waals surface area contributed by atoms with Gasteiger partial charge in [0.15, 0.2) is 10.8 Å². The number of nitrogens with zero attached hydrogens (tertiary/aromatic N) is 2. The summed E-state index contributed by atoms with van der Waals surface area (Å²) in [5.74, 6) is 0.208. The molecule has 0 spiro atoms. The quantitative estimate of drug-likeness (QED) is 0.593. The highest BCUT2D eigenvalue weighted by atomic mass is 32.1. The van der Waals surface area contributed by atoms with Crippen LogP contribution in [-0.4, -0.2) is 20.3 Å². The fourth-order valence-electron chi connectivity index (χ4n) is 1.40. The summed E-state index contributed by atoms with van der Waals surface area (Å²) in [6.07, 6.45) is 1.73. The first kappa shape index (κ1) is 9.17. The summed E-state index contributed by atoms with van der Waals surface area (Å²) >= 11 is 1.48. The van der Waals surface area contributed by atoms with Crippen molar-refractivity contribution < 1.29 is 5.11 Å². The van der Waals surface area contributed by atoms with E-state index in [1.165, 1.54) is 11.3 Å². The molecule has 2 heterocycles. The number of rotatable bonds is 2. The van der Waals surface area contributed by atoms with Crippen molar-refractivity contribution in [3.63, 3.8) is 0 Å². The Labute approximate surface area is 94.8 Å². The summed E-state index contributed by atoms with van der Waals surface area (Å²) in [4.78, 5) is 4.29. The average Bonchev–Trinajstić information content (AvgIpc) is 2.81. The van der Waals surface area contributed by atoms with Gasteiger partial charge in [0.2, 0.25) is 0 Å². The molecule has 16 heavy (non-hydrogen) atoms. The second kappa shape index (κ2) is 3.49. The van der Waals surface area contributed by atoms with Crippen LogP contribution in [0.1, 0.15) is 0 Å². The molecule has 3 N–H and O–H groups in total. The maximum Gasteiger partial charge on any atom is 0.189 e. The summed E-state index contributed by atoms with van der Waals surface area (Å²) in [5.41, 5.74) is 1.40. The molecule has 5 nitrogen and oxygen atoms in total. The number of aromatic amines is 1. The molecule has 0 amide bonds. The van der Waals surface area contributed by atoms with Crippen LogP contribution in [0.3, 0.4) is 0 Å². The molecule has 0 radical (unpaired) electrons. The normalized spacial score (nSPS) is 10.8. The van der Waals surface area contributed by atoms with Crippen molar-refractivity contribution in [3.8, 4) is 5.75 Å². The van der Waals surface area contributed by atoms with Crippen LogP contribution >= 0.6 is 11.3 Å². The minimum atomic E-state index is 0.208. The van der Waals surface area contributed by atoms with E-state index in [4.69, 9.17) is 0 Å². The van der Waals surface area contributed by atoms with Crippen LogP contribution in [-0.2, 0) is 0 Å². The summed E-state index contributed by atoms with van der Waals surface area (Å²) < 4.78 is 0.984. The van der Waals surface area contributed by atoms with Crippen LogP contribution in [0.15, 0.2) is 30.5 Å². The van der Waals surface area contributed by atoms with Crippen molar-refractivity contribution in [2.75, 3.05) is 5.32 Å². The number of aromatic hydroxyl groups is 1. The van der Waals surface area contributed by atoms with Crippen molar-refractivity contribution >= 4 is 32.5 Å². The Kier molecular flexibility index (Phi) is 2.00. The summed E-state index contributed by atoms with van der Waals surface area (Å²) in [6.45, 7) is 0. The molecule has 0 aliphatic rings. The van der Waals surface area contributed by atoms with Crippen molar-refractivity contribution in [2.24, 2.45) is 0 Å². The molecular weight excluding hydrogens is 224 g/mol. The lowest BCUT2D eigenvalue weighted by molar-refractivity contribution is 0.478. The van der Waals surface area contributed by atoms with Gasteiger partial charge in [-0.2, -0.15) is 5.10 Å². The van der Waals surface area contributed by atoms with Gasteiger partial charge in [-0.25, -0.2) is 4.98 Å². The lowest BCUT2D eigenvalue weighted by Gasteiger charge is -2.03. The maximum atomic E-state index is 9.59. The molecule has 0 atom stereocenters. The highest BCUT2D eigenvalue weighted by Gasteiger charge is 2.06. The first-order valence-corrected chi connectivity index (χ1v) is 5.49.